The van der Waals surface area contributed by atoms with Crippen LogP contribution in [0.4, 0.5) is 49.1 Å². The van der Waals surface area contributed by atoms with Crippen molar-refractivity contribution in [2.24, 2.45) is 0 Å². The molecule has 376 valence electrons. The van der Waals surface area contributed by atoms with Gasteiger partial charge in [0.05, 0.1) is 102 Å². The predicted molar refractivity (Wildman–Crippen MR) is 256 cm³/mol. The van der Waals surface area contributed by atoms with Gasteiger partial charge in [-0.15, -0.1) is 0 Å². The fraction of sp³-hybridized carbons (Fsp3) is 0.327. The number of halogens is 6. The fourth-order valence-corrected chi connectivity index (χ4v) is 7.85. The minimum absolute atomic E-state index is 0.0663. The Hall–Kier alpha value is -7.57. The van der Waals surface area contributed by atoms with Crippen LogP contribution in [0, 0.1) is 34.9 Å². The van der Waals surface area contributed by atoms with E-state index in [9.17, 15) is 23.2 Å². The van der Waals surface area contributed by atoms with Crippen LogP contribution in [0.2, 0.25) is 0 Å². The topological polar surface area (TPSA) is 155 Å². The van der Waals surface area contributed by atoms with Gasteiger partial charge in [-0.3, -0.25) is 9.69 Å². The van der Waals surface area contributed by atoms with E-state index >= 15 is 17.6 Å². The van der Waals surface area contributed by atoms with Gasteiger partial charge in [-0.1, -0.05) is 67.5 Å². The van der Waals surface area contributed by atoms with E-state index in [1.54, 1.807) is 0 Å². The van der Waals surface area contributed by atoms with Crippen molar-refractivity contribution in [3.63, 3.8) is 0 Å². The van der Waals surface area contributed by atoms with Gasteiger partial charge in [-0.2, -0.15) is 0 Å². The van der Waals surface area contributed by atoms with E-state index in [0.29, 0.717) is 28.5 Å². The molecule has 4 aromatic carbocycles. The Kier molecular flexibility index (Phi) is 17.5. The number of nitrogens with zero attached hydrogens (tertiary/aromatic N) is 5. The van der Waals surface area contributed by atoms with Crippen molar-refractivity contribution in [3.8, 4) is 33.8 Å². The summed E-state index contributed by atoms with van der Waals surface area (Å²) in [6.07, 6.45) is 2.75. The van der Waals surface area contributed by atoms with Crippen molar-refractivity contribution in [1.82, 2.24) is 19.9 Å². The van der Waals surface area contributed by atoms with E-state index in [1.807, 2.05) is 55.4 Å². The Morgan fingerprint density at radius 3 is 1.30 bits per heavy atom. The van der Waals surface area contributed by atoms with E-state index < -0.39 is 91.8 Å². The maximum atomic E-state index is 16.5. The Bertz CT molecular complexity index is 2930. The van der Waals surface area contributed by atoms with Crippen LogP contribution >= 0.6 is 0 Å². The molecule has 1 amide bonds. The molecule has 19 heteroatoms. The third kappa shape index (κ3) is 10.9. The molecule has 6 aromatic rings. The summed E-state index contributed by atoms with van der Waals surface area (Å²) in [6, 6.07) is 9.03. The number of carbonyl (C=O) groups is 3. The second-order valence-electron chi connectivity index (χ2n) is 17.1. The molecular formula is C52H54F6N6O7. The second-order valence-corrected chi connectivity index (χ2v) is 17.1. The minimum atomic E-state index is -1.35. The molecule has 0 radical (unpaired) electrons. The summed E-state index contributed by atoms with van der Waals surface area (Å²) in [5.74, 6) is -10.4. The summed E-state index contributed by atoms with van der Waals surface area (Å²) in [5.41, 5.74) is -1.87. The van der Waals surface area contributed by atoms with Crippen molar-refractivity contribution in [1.29, 1.82) is 0 Å². The molecule has 0 aliphatic rings. The van der Waals surface area contributed by atoms with E-state index in [2.05, 4.69) is 25.3 Å². The lowest BCUT2D eigenvalue weighted by molar-refractivity contribution is -0.115. The molecule has 0 saturated heterocycles. The highest BCUT2D eigenvalue weighted by Crippen LogP contribution is 2.46. The molecule has 0 fully saturated rings. The van der Waals surface area contributed by atoms with Crippen LogP contribution in [-0.2, 0) is 14.3 Å². The molecule has 2 aromatic heterocycles. The Labute approximate surface area is 407 Å². The molecule has 2 heterocycles. The van der Waals surface area contributed by atoms with E-state index in [0.717, 1.165) is 50.3 Å². The second kappa shape index (κ2) is 22.9. The largest absolute Gasteiger partial charge is 0.496 e. The van der Waals surface area contributed by atoms with Gasteiger partial charge in [0, 0.05) is 6.92 Å². The van der Waals surface area contributed by atoms with Gasteiger partial charge in [0.1, 0.15) is 53.1 Å². The molecule has 71 heavy (non-hydrogen) atoms. The molecule has 0 bridgehead atoms. The van der Waals surface area contributed by atoms with E-state index in [4.69, 9.17) is 18.9 Å². The molecule has 0 aliphatic carbocycles. The average molecular weight is 989 g/mol. The zero-order valence-electron chi connectivity index (χ0n) is 41.4. The van der Waals surface area contributed by atoms with Crippen molar-refractivity contribution in [2.75, 3.05) is 38.7 Å². The lowest BCUT2D eigenvalue weighted by Gasteiger charge is -2.30. The Morgan fingerprint density at radius 2 is 0.901 bits per heavy atom. The van der Waals surface area contributed by atoms with E-state index in [-0.39, 0.29) is 46.5 Å². The molecule has 1 N–H and O–H groups in total. The highest BCUT2D eigenvalue weighted by Gasteiger charge is 2.36. The zero-order valence-corrected chi connectivity index (χ0v) is 41.4. The highest BCUT2D eigenvalue weighted by molar-refractivity contribution is 6.08. The quantitative estimate of drug-likeness (QED) is 0.0815. The standard InChI is InChI=1S/C27H28F3N3O4.C25H26F3N3O3/c1-13(2)23-26(24(14(3)4)32-12-31-23)33(15(5)34)25-16(27(35)37-7)11-18(29)21(22(25)30)20-17(28)9-8-10-19(20)36-6;1-12(2)21-24(22(13(3)4)30-11-29-21)31-23-14(25(32)34-6)10-16(27)19(20(23)28)18-15(26)8-7-9-17(18)33-5/h8-14H,1-7H3;7-13,31H,1-6H3. The summed E-state index contributed by atoms with van der Waals surface area (Å²) in [7, 11) is 4.63. The Morgan fingerprint density at radius 1 is 0.507 bits per heavy atom. The van der Waals surface area contributed by atoms with Crippen LogP contribution in [0.5, 0.6) is 11.5 Å². The number of amides is 1. The van der Waals surface area contributed by atoms with Gasteiger partial charge in [-0.05, 0) is 60.1 Å². The van der Waals surface area contributed by atoms with Gasteiger partial charge in [0.25, 0.3) is 0 Å². The summed E-state index contributed by atoms with van der Waals surface area (Å²) >= 11 is 0. The number of rotatable bonds is 14. The number of nitrogens with one attached hydrogen (secondary N) is 1. The third-order valence-corrected chi connectivity index (χ3v) is 11.1. The molecule has 0 atom stereocenters. The molecule has 0 saturated carbocycles. The summed E-state index contributed by atoms with van der Waals surface area (Å²) in [4.78, 5) is 56.6. The first-order valence-corrected chi connectivity index (χ1v) is 22.2. The third-order valence-electron chi connectivity index (χ3n) is 11.1. The smallest absolute Gasteiger partial charge is 0.340 e. The number of benzene rings is 4. The lowest BCUT2D eigenvalue weighted by atomic mass is 9.96. The van der Waals surface area contributed by atoms with E-state index in [1.165, 1.54) is 51.1 Å². The van der Waals surface area contributed by atoms with Crippen LogP contribution in [-0.4, -0.2) is 66.2 Å². The maximum absolute atomic E-state index is 16.5. The SMILES string of the molecule is COC(=O)c1cc(F)c(-c2c(F)cccc2OC)c(F)c1N(C(C)=O)c1c(C(C)C)ncnc1C(C)C.COC(=O)c1cc(F)c(-c2c(F)cccc2OC)c(F)c1Nc1c(C(C)C)ncnc1C(C)C. The molecular weight excluding hydrogens is 935 g/mol. The Balaban J connectivity index is 0.000000265. The number of esters is 2. The fourth-order valence-electron chi connectivity index (χ4n) is 7.85. The summed E-state index contributed by atoms with van der Waals surface area (Å²) in [6.45, 7) is 16.1. The average Bonchev–Trinajstić information content (AvgIpc) is 3.33. The zero-order chi connectivity index (χ0) is 52.8. The van der Waals surface area contributed by atoms with Gasteiger partial charge in [-0.25, -0.2) is 55.9 Å². The normalized spacial score (nSPS) is 11.1. The number of carbonyl (C=O) groups excluding carboxylic acids is 3. The van der Waals surface area contributed by atoms with Crippen LogP contribution in [0.3, 0.4) is 0 Å². The number of hydrogen-bond acceptors (Lipinski definition) is 12. The van der Waals surface area contributed by atoms with Crippen molar-refractivity contribution < 1.29 is 59.7 Å². The molecule has 0 spiro atoms. The molecule has 0 aliphatic heterocycles. The predicted octanol–water partition coefficient (Wildman–Crippen LogP) is 12.6. The number of methoxy groups -OCH3 is 4. The number of hydrogen-bond donors (Lipinski definition) is 1. The van der Waals surface area contributed by atoms with Gasteiger partial charge < -0.3 is 24.3 Å². The molecule has 13 nitrogen and oxygen atoms in total. The summed E-state index contributed by atoms with van der Waals surface area (Å²) < 4.78 is 113. The number of ether oxygens (including phenoxy) is 4. The van der Waals surface area contributed by atoms with Crippen LogP contribution in [0.1, 0.15) is 129 Å². The minimum Gasteiger partial charge on any atom is -0.496 e. The van der Waals surface area contributed by atoms with Gasteiger partial charge in [0.15, 0.2) is 11.6 Å². The first-order chi connectivity index (χ1) is 33.6. The van der Waals surface area contributed by atoms with Crippen molar-refractivity contribution in [3.05, 3.63) is 130 Å². The van der Waals surface area contributed by atoms with Gasteiger partial charge in [0.2, 0.25) is 5.91 Å². The van der Waals surface area contributed by atoms with Crippen molar-refractivity contribution >= 4 is 40.6 Å². The van der Waals surface area contributed by atoms with Crippen LogP contribution < -0.4 is 19.7 Å². The van der Waals surface area contributed by atoms with Crippen LogP contribution in [0.25, 0.3) is 22.3 Å². The monoisotopic (exact) mass is 988 g/mol. The maximum Gasteiger partial charge on any atom is 0.340 e. The van der Waals surface area contributed by atoms with Crippen LogP contribution in [0.15, 0.2) is 61.2 Å². The number of anilines is 4. The van der Waals surface area contributed by atoms with Crippen molar-refractivity contribution in [2.45, 2.75) is 86.0 Å². The highest BCUT2D eigenvalue weighted by atomic mass is 19.2. The molecule has 6 rings (SSSR count). The number of aromatic nitrogens is 4. The van der Waals surface area contributed by atoms with Gasteiger partial charge >= 0.3 is 11.9 Å². The lowest BCUT2D eigenvalue weighted by Crippen LogP contribution is -2.30. The molecule has 0 unspecified atom stereocenters. The summed E-state index contributed by atoms with van der Waals surface area (Å²) in [5, 5.41) is 2.92. The first kappa shape index (κ1) is 54.4. The first-order valence-electron chi connectivity index (χ1n) is 22.2.